The Morgan fingerprint density at radius 3 is 2.47 bits per heavy atom. The van der Waals surface area contributed by atoms with Crippen molar-refractivity contribution in [2.24, 2.45) is 0 Å². The van der Waals surface area contributed by atoms with Gasteiger partial charge in [-0.1, -0.05) is 0 Å². The molecule has 0 aromatic heterocycles. The Bertz CT molecular complexity index is 360. The number of carbonyl (C=O) groups excluding carboxylic acids is 1. The number of hydrogen-bond donors (Lipinski definition) is 2. The van der Waals surface area contributed by atoms with E-state index in [0.717, 1.165) is 4.90 Å². The molecule has 1 aliphatic heterocycles. The van der Waals surface area contributed by atoms with Gasteiger partial charge in [0, 0.05) is 0 Å². The number of carboxylic acid groups (broad SMARTS) is 1. The highest BCUT2D eigenvalue weighted by Crippen LogP contribution is 2.18. The number of hydrogen-bond acceptors (Lipinski definition) is 5. The summed E-state index contributed by atoms with van der Waals surface area (Å²) in [5.74, 6) is -1.17. The summed E-state index contributed by atoms with van der Waals surface area (Å²) in [5.41, 5.74) is -1.99. The molecule has 1 amide bonds. The SMILES string of the molecule is CC(C)(C)OC(=O)N1C[C@@H](C(=O)O)OC[C@](C)(O)C1. The Balaban J connectivity index is 2.83. The van der Waals surface area contributed by atoms with Crippen LogP contribution >= 0.6 is 0 Å². The van der Waals surface area contributed by atoms with Crippen LogP contribution in [0.2, 0.25) is 0 Å². The summed E-state index contributed by atoms with van der Waals surface area (Å²) in [6, 6.07) is 0. The lowest BCUT2D eigenvalue weighted by molar-refractivity contribution is -0.152. The molecule has 0 aromatic rings. The molecule has 0 saturated carbocycles. The van der Waals surface area contributed by atoms with Crippen LogP contribution < -0.4 is 0 Å². The van der Waals surface area contributed by atoms with E-state index in [1.54, 1.807) is 20.8 Å². The van der Waals surface area contributed by atoms with Gasteiger partial charge in [0.2, 0.25) is 0 Å². The molecule has 0 aliphatic carbocycles. The number of ether oxygens (including phenoxy) is 2. The average Bonchev–Trinajstić information content (AvgIpc) is 2.34. The predicted octanol–water partition coefficient (Wildman–Crippen LogP) is 0.458. The van der Waals surface area contributed by atoms with Crippen molar-refractivity contribution in [3.63, 3.8) is 0 Å². The normalized spacial score (nSPS) is 28.7. The summed E-state index contributed by atoms with van der Waals surface area (Å²) in [7, 11) is 0. The molecule has 110 valence electrons. The number of carbonyl (C=O) groups is 2. The highest BCUT2D eigenvalue weighted by atomic mass is 16.6. The van der Waals surface area contributed by atoms with Crippen LogP contribution in [0.1, 0.15) is 27.7 Å². The first-order valence-electron chi connectivity index (χ1n) is 6.05. The minimum atomic E-state index is -1.30. The molecule has 1 aliphatic rings. The number of aliphatic hydroxyl groups is 1. The van der Waals surface area contributed by atoms with Gasteiger partial charge in [0.05, 0.1) is 19.7 Å². The molecule has 2 atom stereocenters. The Labute approximate surface area is 112 Å². The zero-order chi connectivity index (χ0) is 14.8. The molecule has 0 aromatic carbocycles. The molecule has 0 radical (unpaired) electrons. The second-order valence-corrected chi connectivity index (χ2v) is 6.00. The largest absolute Gasteiger partial charge is 0.479 e. The van der Waals surface area contributed by atoms with Gasteiger partial charge in [0.15, 0.2) is 6.10 Å². The van der Waals surface area contributed by atoms with Gasteiger partial charge < -0.3 is 24.6 Å². The molecule has 0 bridgehead atoms. The second kappa shape index (κ2) is 5.34. The number of β-amino-alcohol motifs (C(OH)–C–C–N with tert-alkyl or cyclic N) is 1. The molecule has 19 heavy (non-hydrogen) atoms. The van der Waals surface area contributed by atoms with Crippen LogP contribution in [0, 0.1) is 0 Å². The maximum Gasteiger partial charge on any atom is 0.410 e. The molecular weight excluding hydrogens is 254 g/mol. The summed E-state index contributed by atoms with van der Waals surface area (Å²) in [6.45, 7) is 6.29. The third-order valence-electron chi connectivity index (χ3n) is 2.44. The predicted molar refractivity (Wildman–Crippen MR) is 65.8 cm³/mol. The summed E-state index contributed by atoms with van der Waals surface area (Å²) >= 11 is 0. The van der Waals surface area contributed by atoms with Gasteiger partial charge in [0.25, 0.3) is 0 Å². The van der Waals surface area contributed by atoms with E-state index in [2.05, 4.69) is 0 Å². The lowest BCUT2D eigenvalue weighted by Crippen LogP contribution is -2.47. The van der Waals surface area contributed by atoms with Crippen LogP contribution in [-0.4, -0.2) is 64.2 Å². The number of rotatable bonds is 1. The standard InChI is InChI=1S/C12H21NO6/c1-11(2,3)19-10(16)13-5-8(9(14)15)18-7-12(4,17)6-13/h8,17H,5-7H2,1-4H3,(H,14,15)/t8-,12+/m0/s1. The first kappa shape index (κ1) is 15.7. The van der Waals surface area contributed by atoms with Gasteiger partial charge in [-0.15, -0.1) is 0 Å². The van der Waals surface area contributed by atoms with Crippen LogP contribution in [-0.2, 0) is 14.3 Å². The van der Waals surface area contributed by atoms with Crippen molar-refractivity contribution in [3.05, 3.63) is 0 Å². The fourth-order valence-electron chi connectivity index (χ4n) is 1.67. The molecule has 2 N–H and O–H groups in total. The second-order valence-electron chi connectivity index (χ2n) is 6.00. The Kier molecular flexibility index (Phi) is 4.42. The number of aliphatic carboxylic acids is 1. The van der Waals surface area contributed by atoms with Crippen LogP contribution in [0.3, 0.4) is 0 Å². The van der Waals surface area contributed by atoms with Crippen molar-refractivity contribution in [3.8, 4) is 0 Å². The number of carboxylic acids is 1. The lowest BCUT2D eigenvalue weighted by Gasteiger charge is -2.30. The van der Waals surface area contributed by atoms with Crippen molar-refractivity contribution in [1.82, 2.24) is 4.90 Å². The van der Waals surface area contributed by atoms with Crippen molar-refractivity contribution in [1.29, 1.82) is 0 Å². The van der Waals surface area contributed by atoms with E-state index in [-0.39, 0.29) is 19.7 Å². The van der Waals surface area contributed by atoms with Gasteiger partial charge in [0.1, 0.15) is 11.2 Å². The zero-order valence-electron chi connectivity index (χ0n) is 11.7. The smallest absolute Gasteiger partial charge is 0.410 e. The molecular formula is C12H21NO6. The zero-order valence-corrected chi connectivity index (χ0v) is 11.7. The van der Waals surface area contributed by atoms with Crippen LogP contribution in [0.25, 0.3) is 0 Å². The van der Waals surface area contributed by atoms with Gasteiger partial charge >= 0.3 is 12.1 Å². The Morgan fingerprint density at radius 2 is 2.00 bits per heavy atom. The van der Waals surface area contributed by atoms with E-state index in [9.17, 15) is 14.7 Å². The topological polar surface area (TPSA) is 96.3 Å². The molecule has 0 spiro atoms. The maximum absolute atomic E-state index is 12.0. The maximum atomic E-state index is 12.0. The summed E-state index contributed by atoms with van der Waals surface area (Å²) in [4.78, 5) is 24.1. The quantitative estimate of drug-likeness (QED) is 0.721. The molecule has 0 unspecified atom stereocenters. The fourth-order valence-corrected chi connectivity index (χ4v) is 1.67. The lowest BCUT2D eigenvalue weighted by atomic mass is 10.1. The first-order valence-corrected chi connectivity index (χ1v) is 6.05. The molecule has 1 heterocycles. The minimum Gasteiger partial charge on any atom is -0.479 e. The van der Waals surface area contributed by atoms with Crippen molar-refractivity contribution >= 4 is 12.1 Å². The fraction of sp³-hybridized carbons (Fsp3) is 0.833. The molecule has 1 rings (SSSR count). The van der Waals surface area contributed by atoms with E-state index in [0.29, 0.717) is 0 Å². The van der Waals surface area contributed by atoms with E-state index in [4.69, 9.17) is 14.6 Å². The van der Waals surface area contributed by atoms with Crippen molar-refractivity contribution in [2.45, 2.75) is 45.0 Å². The Hall–Kier alpha value is -1.34. The monoisotopic (exact) mass is 275 g/mol. The van der Waals surface area contributed by atoms with Crippen LogP contribution in [0.5, 0.6) is 0 Å². The van der Waals surface area contributed by atoms with Gasteiger partial charge in [-0.2, -0.15) is 0 Å². The third-order valence-corrected chi connectivity index (χ3v) is 2.44. The van der Waals surface area contributed by atoms with Crippen molar-refractivity contribution in [2.75, 3.05) is 19.7 Å². The first-order chi connectivity index (χ1) is 8.50. The van der Waals surface area contributed by atoms with E-state index >= 15 is 0 Å². The molecule has 1 saturated heterocycles. The highest BCUT2D eigenvalue weighted by Gasteiger charge is 2.37. The molecule has 7 heteroatoms. The molecule has 1 fully saturated rings. The van der Waals surface area contributed by atoms with E-state index < -0.39 is 29.4 Å². The van der Waals surface area contributed by atoms with Gasteiger partial charge in [-0.3, -0.25) is 0 Å². The van der Waals surface area contributed by atoms with Crippen LogP contribution in [0.15, 0.2) is 0 Å². The van der Waals surface area contributed by atoms with Gasteiger partial charge in [-0.05, 0) is 27.7 Å². The number of nitrogens with zero attached hydrogens (tertiary/aromatic N) is 1. The summed E-state index contributed by atoms with van der Waals surface area (Å²) in [6.07, 6.45) is -1.83. The molecule has 7 nitrogen and oxygen atoms in total. The van der Waals surface area contributed by atoms with Gasteiger partial charge in [-0.25, -0.2) is 9.59 Å². The van der Waals surface area contributed by atoms with E-state index in [1.807, 2.05) is 0 Å². The Morgan fingerprint density at radius 1 is 1.42 bits per heavy atom. The third kappa shape index (κ3) is 5.04. The van der Waals surface area contributed by atoms with E-state index in [1.165, 1.54) is 6.92 Å². The highest BCUT2D eigenvalue weighted by molar-refractivity contribution is 5.74. The summed E-state index contributed by atoms with van der Waals surface area (Å²) in [5, 5.41) is 19.0. The minimum absolute atomic E-state index is 0.0360. The van der Waals surface area contributed by atoms with Crippen LogP contribution in [0.4, 0.5) is 4.79 Å². The summed E-state index contributed by atoms with van der Waals surface area (Å²) < 4.78 is 10.3. The van der Waals surface area contributed by atoms with Crippen molar-refractivity contribution < 1.29 is 29.3 Å². The average molecular weight is 275 g/mol. The number of amides is 1.